The second-order valence-electron chi connectivity index (χ2n) is 6.93. The Morgan fingerprint density at radius 1 is 1.35 bits per heavy atom. The fraction of sp³-hybridized carbons (Fsp3) is 0.556. The highest BCUT2D eigenvalue weighted by Gasteiger charge is 2.35. The van der Waals surface area contributed by atoms with Crippen LogP contribution in [-0.2, 0) is 22.3 Å². The van der Waals surface area contributed by atoms with Gasteiger partial charge in [0.05, 0.1) is 11.5 Å². The van der Waals surface area contributed by atoms with E-state index < -0.39 is 17.7 Å². The summed E-state index contributed by atoms with van der Waals surface area (Å²) in [4.78, 5) is 26.0. The average molecular weight is 369 g/mol. The molecule has 0 aliphatic carbocycles. The van der Waals surface area contributed by atoms with Gasteiger partial charge >= 0.3 is 6.18 Å². The van der Waals surface area contributed by atoms with E-state index in [1.165, 1.54) is 11.0 Å². The van der Waals surface area contributed by atoms with Gasteiger partial charge in [-0.1, -0.05) is 12.1 Å². The molecule has 1 unspecified atom stereocenters. The van der Waals surface area contributed by atoms with Gasteiger partial charge < -0.3 is 15.5 Å². The smallest absolute Gasteiger partial charge is 0.352 e. The van der Waals surface area contributed by atoms with Crippen LogP contribution in [0.3, 0.4) is 0 Å². The molecule has 2 atom stereocenters. The molecule has 3 rings (SSSR count). The van der Waals surface area contributed by atoms with Crippen LogP contribution < -0.4 is 10.6 Å². The molecule has 1 aromatic carbocycles. The third-order valence-electron chi connectivity index (χ3n) is 4.86. The molecule has 0 radical (unpaired) electrons. The van der Waals surface area contributed by atoms with Crippen LogP contribution in [0.4, 0.5) is 13.2 Å². The lowest BCUT2D eigenvalue weighted by atomic mass is 10.0. The quantitative estimate of drug-likeness (QED) is 0.853. The van der Waals surface area contributed by atoms with E-state index in [-0.39, 0.29) is 37.4 Å². The summed E-state index contributed by atoms with van der Waals surface area (Å²) in [5.41, 5.74) is -0.327. The third kappa shape index (κ3) is 4.55. The number of nitrogens with one attached hydrogen (secondary N) is 2. The van der Waals surface area contributed by atoms with Crippen LogP contribution in [0.25, 0.3) is 0 Å². The summed E-state index contributed by atoms with van der Waals surface area (Å²) in [6.07, 6.45) is -2.41. The summed E-state index contributed by atoms with van der Waals surface area (Å²) in [6, 6.07) is 5.02. The Kier molecular flexibility index (Phi) is 5.50. The number of nitrogens with zero attached hydrogens (tertiary/aromatic N) is 1. The Hall–Kier alpha value is -2.09. The van der Waals surface area contributed by atoms with Gasteiger partial charge in [0.2, 0.25) is 11.8 Å². The van der Waals surface area contributed by atoms with E-state index in [0.717, 1.165) is 38.1 Å². The van der Waals surface area contributed by atoms with Crippen molar-refractivity contribution in [3.8, 4) is 0 Å². The summed E-state index contributed by atoms with van der Waals surface area (Å²) in [5.74, 6) is -0.807. The molecule has 1 aromatic rings. The number of amides is 2. The zero-order chi connectivity index (χ0) is 18.7. The Bertz CT molecular complexity index is 672. The number of piperidine rings is 1. The van der Waals surface area contributed by atoms with Crippen molar-refractivity contribution in [1.29, 1.82) is 0 Å². The van der Waals surface area contributed by atoms with Crippen molar-refractivity contribution in [2.24, 2.45) is 5.92 Å². The predicted octanol–water partition coefficient (Wildman–Crippen LogP) is 1.92. The van der Waals surface area contributed by atoms with Crippen LogP contribution in [0.2, 0.25) is 0 Å². The molecule has 2 aliphatic rings. The maximum absolute atomic E-state index is 12.8. The number of alkyl halides is 3. The summed E-state index contributed by atoms with van der Waals surface area (Å²) in [5, 5.41) is 6.18. The molecule has 8 heteroatoms. The van der Waals surface area contributed by atoms with Gasteiger partial charge in [-0.2, -0.15) is 13.2 Å². The molecule has 0 spiro atoms. The SMILES string of the molecule is O=C(N[C@H]1CCCNC1)C1CC(=O)N(Cc2cccc(C(F)(F)F)c2)C1. The summed E-state index contributed by atoms with van der Waals surface area (Å²) in [7, 11) is 0. The number of hydrogen-bond acceptors (Lipinski definition) is 3. The Labute approximate surface area is 149 Å². The van der Waals surface area contributed by atoms with Crippen molar-refractivity contribution in [1.82, 2.24) is 15.5 Å². The Morgan fingerprint density at radius 3 is 2.85 bits per heavy atom. The van der Waals surface area contributed by atoms with Gasteiger partial charge in [-0.3, -0.25) is 9.59 Å². The standard InChI is InChI=1S/C18H22F3N3O2/c19-18(20,21)14-4-1-3-12(7-14)10-24-11-13(8-16(24)25)17(26)23-15-5-2-6-22-9-15/h1,3-4,7,13,15,22H,2,5-6,8-11H2,(H,23,26)/t13?,15-/m0/s1. The molecule has 0 saturated carbocycles. The molecule has 0 bridgehead atoms. The number of likely N-dealkylation sites (tertiary alicyclic amines) is 1. The number of halogens is 3. The topological polar surface area (TPSA) is 61.4 Å². The fourth-order valence-electron chi connectivity index (χ4n) is 3.46. The van der Waals surface area contributed by atoms with Crippen molar-refractivity contribution in [2.75, 3.05) is 19.6 Å². The summed E-state index contributed by atoms with van der Waals surface area (Å²) in [6.45, 7) is 1.98. The number of benzene rings is 1. The lowest BCUT2D eigenvalue weighted by Gasteiger charge is -2.25. The summed E-state index contributed by atoms with van der Waals surface area (Å²) < 4.78 is 38.4. The van der Waals surface area contributed by atoms with Crippen molar-refractivity contribution in [2.45, 2.75) is 38.0 Å². The van der Waals surface area contributed by atoms with E-state index in [4.69, 9.17) is 0 Å². The molecule has 2 amide bonds. The molecular weight excluding hydrogens is 347 g/mol. The number of hydrogen-bond donors (Lipinski definition) is 2. The number of carbonyl (C=O) groups excluding carboxylic acids is 2. The maximum atomic E-state index is 12.8. The van der Waals surface area contributed by atoms with Gasteiger partial charge in [0.1, 0.15) is 0 Å². The van der Waals surface area contributed by atoms with Crippen LogP contribution >= 0.6 is 0 Å². The third-order valence-corrected chi connectivity index (χ3v) is 4.86. The van der Waals surface area contributed by atoms with E-state index in [1.54, 1.807) is 6.07 Å². The highest BCUT2D eigenvalue weighted by molar-refractivity contribution is 5.89. The number of rotatable bonds is 4. The lowest BCUT2D eigenvalue weighted by molar-refractivity contribution is -0.137. The minimum absolute atomic E-state index is 0.0730. The molecule has 2 aliphatic heterocycles. The lowest BCUT2D eigenvalue weighted by Crippen LogP contribution is -2.47. The van der Waals surface area contributed by atoms with Gasteiger partial charge in [0, 0.05) is 32.1 Å². The van der Waals surface area contributed by atoms with Gasteiger partial charge in [-0.25, -0.2) is 0 Å². The molecule has 142 valence electrons. The van der Waals surface area contributed by atoms with E-state index in [2.05, 4.69) is 10.6 Å². The Balaban J connectivity index is 1.58. The van der Waals surface area contributed by atoms with Gasteiger partial charge in [0.25, 0.3) is 0 Å². The first-order chi connectivity index (χ1) is 12.3. The highest BCUT2D eigenvalue weighted by Crippen LogP contribution is 2.30. The first-order valence-electron chi connectivity index (χ1n) is 8.78. The molecule has 2 saturated heterocycles. The Morgan fingerprint density at radius 2 is 2.15 bits per heavy atom. The van der Waals surface area contributed by atoms with Gasteiger partial charge in [0.15, 0.2) is 0 Å². The minimum atomic E-state index is -4.42. The largest absolute Gasteiger partial charge is 0.416 e. The molecular formula is C18H22F3N3O2. The van der Waals surface area contributed by atoms with Gasteiger partial charge in [-0.15, -0.1) is 0 Å². The van der Waals surface area contributed by atoms with Crippen LogP contribution in [0.5, 0.6) is 0 Å². The predicted molar refractivity (Wildman–Crippen MR) is 89.0 cm³/mol. The second-order valence-corrected chi connectivity index (χ2v) is 6.93. The first kappa shape index (κ1) is 18.7. The van der Waals surface area contributed by atoms with Crippen LogP contribution in [-0.4, -0.2) is 42.4 Å². The van der Waals surface area contributed by atoms with E-state index in [0.29, 0.717) is 5.56 Å². The molecule has 5 nitrogen and oxygen atoms in total. The van der Waals surface area contributed by atoms with Crippen molar-refractivity contribution >= 4 is 11.8 Å². The fourth-order valence-corrected chi connectivity index (χ4v) is 3.46. The molecule has 2 heterocycles. The van der Waals surface area contributed by atoms with Crippen LogP contribution in [0.15, 0.2) is 24.3 Å². The van der Waals surface area contributed by atoms with E-state index >= 15 is 0 Å². The second kappa shape index (κ2) is 7.65. The minimum Gasteiger partial charge on any atom is -0.352 e. The zero-order valence-electron chi connectivity index (χ0n) is 14.3. The molecule has 0 aromatic heterocycles. The van der Waals surface area contributed by atoms with Crippen molar-refractivity contribution in [3.05, 3.63) is 35.4 Å². The highest BCUT2D eigenvalue weighted by atomic mass is 19.4. The van der Waals surface area contributed by atoms with E-state index in [1.807, 2.05) is 0 Å². The number of carbonyl (C=O) groups is 2. The first-order valence-corrected chi connectivity index (χ1v) is 8.78. The average Bonchev–Trinajstić information content (AvgIpc) is 2.96. The van der Waals surface area contributed by atoms with Gasteiger partial charge in [-0.05, 0) is 37.1 Å². The monoisotopic (exact) mass is 369 g/mol. The van der Waals surface area contributed by atoms with Crippen molar-refractivity contribution in [3.63, 3.8) is 0 Å². The van der Waals surface area contributed by atoms with Crippen molar-refractivity contribution < 1.29 is 22.8 Å². The van der Waals surface area contributed by atoms with Crippen LogP contribution in [0, 0.1) is 5.92 Å². The van der Waals surface area contributed by atoms with Crippen LogP contribution in [0.1, 0.15) is 30.4 Å². The zero-order valence-corrected chi connectivity index (χ0v) is 14.3. The van der Waals surface area contributed by atoms with E-state index in [9.17, 15) is 22.8 Å². The molecule has 26 heavy (non-hydrogen) atoms. The summed E-state index contributed by atoms with van der Waals surface area (Å²) >= 11 is 0. The molecule has 2 N–H and O–H groups in total. The molecule has 2 fully saturated rings. The normalized spacial score (nSPS) is 24.0. The maximum Gasteiger partial charge on any atom is 0.416 e.